The maximum atomic E-state index is 8.74. The van der Waals surface area contributed by atoms with E-state index in [0.717, 1.165) is 12.1 Å². The molecule has 0 atom stereocenters. The molecule has 0 amide bonds. The smallest absolute Gasteiger partial charge is 0.394 e. The maximum Gasteiger partial charge on any atom is 0.394 e. The van der Waals surface area contributed by atoms with Gasteiger partial charge in [-0.1, -0.05) is 44.4 Å². The van der Waals surface area contributed by atoms with E-state index in [0.29, 0.717) is 0 Å². The van der Waals surface area contributed by atoms with Crippen LogP contribution >= 0.6 is 0 Å². The van der Waals surface area contributed by atoms with Crippen LogP contribution in [-0.4, -0.2) is 17.5 Å². The van der Waals surface area contributed by atoms with Crippen molar-refractivity contribution in [1.82, 2.24) is 0 Å². The van der Waals surface area contributed by atoms with Crippen LogP contribution in [0.3, 0.4) is 0 Å². The Hall–Kier alpha value is -1.11. The lowest BCUT2D eigenvalue weighted by Crippen LogP contribution is -1.93. The Morgan fingerprint density at radius 3 is 2.17 bits per heavy atom. The molecule has 6 heteroatoms. The average molecular weight is 275 g/mol. The zero-order valence-electron chi connectivity index (χ0n) is 10.5. The van der Waals surface area contributed by atoms with E-state index in [-0.39, 0.29) is 0 Å². The van der Waals surface area contributed by atoms with Crippen LogP contribution in [0.15, 0.2) is 24.3 Å². The lowest BCUT2D eigenvalue weighted by atomic mass is 10.1. The highest BCUT2D eigenvalue weighted by Crippen LogP contribution is 2.14. The van der Waals surface area contributed by atoms with Crippen LogP contribution in [0, 0.1) is 0 Å². The number of rotatable bonds is 5. The lowest BCUT2D eigenvalue weighted by Gasteiger charge is -2.04. The number of unbranched alkanes of at least 4 members (excludes halogenated alkanes) is 3. The Labute approximate surface area is 109 Å². The van der Waals surface area contributed by atoms with Crippen LogP contribution in [0.2, 0.25) is 0 Å². The molecule has 18 heavy (non-hydrogen) atoms. The van der Waals surface area contributed by atoms with Gasteiger partial charge in [0.25, 0.3) is 0 Å². The summed E-state index contributed by atoms with van der Waals surface area (Å²) in [6, 6.07) is 8.16. The molecule has 0 aromatic heterocycles. The van der Waals surface area contributed by atoms with Gasteiger partial charge in [0.1, 0.15) is 0 Å². The molecule has 0 aliphatic carbocycles. The number of nitrogens with two attached hydrogens (primary N) is 1. The second kappa shape index (κ2) is 8.91. The number of hydrogen-bond donors (Lipinski definition) is 3. The van der Waals surface area contributed by atoms with Crippen molar-refractivity contribution in [2.45, 2.75) is 39.0 Å². The molecule has 1 aromatic rings. The van der Waals surface area contributed by atoms with E-state index in [1.165, 1.54) is 31.2 Å². The summed E-state index contributed by atoms with van der Waals surface area (Å²) < 4.78 is 31.6. The molecule has 0 aliphatic heterocycles. The molecule has 0 saturated heterocycles. The third-order valence-corrected chi connectivity index (χ3v) is 2.35. The number of nitrogen functional groups attached to an aromatic ring is 1. The first-order valence-electron chi connectivity index (χ1n) is 5.88. The topological polar surface area (TPSA) is 101 Å². The number of hydrogen-bond acceptors (Lipinski definition) is 3. The van der Waals surface area contributed by atoms with Crippen LogP contribution < -0.4 is 5.73 Å². The second-order valence-corrected chi connectivity index (χ2v) is 4.85. The van der Waals surface area contributed by atoms with E-state index in [1.54, 1.807) is 0 Å². The van der Waals surface area contributed by atoms with Gasteiger partial charge in [0.15, 0.2) is 0 Å². The average Bonchev–Trinajstić information content (AvgIpc) is 2.24. The molecule has 0 aliphatic rings. The van der Waals surface area contributed by atoms with E-state index in [9.17, 15) is 0 Å². The Morgan fingerprint density at radius 2 is 1.67 bits per heavy atom. The summed E-state index contributed by atoms with van der Waals surface area (Å²) in [5.41, 5.74) is 8.08. The van der Waals surface area contributed by atoms with Crippen LogP contribution in [0.5, 0.6) is 0 Å². The summed E-state index contributed by atoms with van der Waals surface area (Å²) >= 11 is 0. The molecule has 5 nitrogen and oxygen atoms in total. The van der Waals surface area contributed by atoms with Crippen LogP contribution in [-0.2, 0) is 16.8 Å². The van der Waals surface area contributed by atoms with Gasteiger partial charge in [-0.3, -0.25) is 9.11 Å². The van der Waals surface area contributed by atoms with E-state index >= 15 is 0 Å². The van der Waals surface area contributed by atoms with E-state index in [1.807, 2.05) is 12.1 Å². The largest absolute Gasteiger partial charge is 0.399 e. The van der Waals surface area contributed by atoms with Gasteiger partial charge in [-0.05, 0) is 24.5 Å². The molecule has 0 spiro atoms. The van der Waals surface area contributed by atoms with Gasteiger partial charge < -0.3 is 5.73 Å². The van der Waals surface area contributed by atoms with E-state index < -0.39 is 10.4 Å². The molecular weight excluding hydrogens is 254 g/mol. The van der Waals surface area contributed by atoms with Crippen molar-refractivity contribution in [2.75, 3.05) is 5.73 Å². The summed E-state index contributed by atoms with van der Waals surface area (Å²) in [7, 11) is -4.67. The highest BCUT2D eigenvalue weighted by atomic mass is 32.3. The molecular formula is C12H21NO4S. The van der Waals surface area contributed by atoms with Gasteiger partial charge in [0.05, 0.1) is 0 Å². The van der Waals surface area contributed by atoms with Crippen molar-refractivity contribution in [3.63, 3.8) is 0 Å². The standard InChI is InChI=1S/C12H19N.H2O4S/c1-2-3-4-5-8-11-9-6-7-10-12(11)13;1-5(2,3)4/h6-7,9-10H,2-5,8,13H2,1H3;(H2,1,2,3,4). The van der Waals surface area contributed by atoms with Crippen molar-refractivity contribution >= 4 is 16.1 Å². The minimum Gasteiger partial charge on any atom is -0.399 e. The van der Waals surface area contributed by atoms with Gasteiger partial charge >= 0.3 is 10.4 Å². The van der Waals surface area contributed by atoms with Crippen molar-refractivity contribution < 1.29 is 17.5 Å². The van der Waals surface area contributed by atoms with Gasteiger partial charge in [0.2, 0.25) is 0 Å². The first-order valence-corrected chi connectivity index (χ1v) is 7.27. The third kappa shape index (κ3) is 11.4. The van der Waals surface area contributed by atoms with E-state index in [2.05, 4.69) is 19.1 Å². The Kier molecular flexibility index (Phi) is 8.36. The van der Waals surface area contributed by atoms with Gasteiger partial charge in [-0.25, -0.2) is 0 Å². The lowest BCUT2D eigenvalue weighted by molar-refractivity contribution is 0.381. The fraction of sp³-hybridized carbons (Fsp3) is 0.500. The predicted octanol–water partition coefficient (Wildman–Crippen LogP) is 2.74. The Balaban J connectivity index is 0.000000494. The zero-order valence-corrected chi connectivity index (χ0v) is 11.4. The monoisotopic (exact) mass is 275 g/mol. The zero-order chi connectivity index (χ0) is 14.0. The molecule has 0 bridgehead atoms. The van der Waals surface area contributed by atoms with Crippen molar-refractivity contribution in [1.29, 1.82) is 0 Å². The molecule has 0 heterocycles. The minimum absolute atomic E-state index is 0.944. The van der Waals surface area contributed by atoms with Crippen molar-refractivity contribution in [3.8, 4) is 0 Å². The fourth-order valence-corrected chi connectivity index (χ4v) is 1.50. The maximum absolute atomic E-state index is 8.74. The third-order valence-electron chi connectivity index (χ3n) is 2.35. The van der Waals surface area contributed by atoms with Crippen LogP contribution in [0.25, 0.3) is 0 Å². The van der Waals surface area contributed by atoms with Gasteiger partial charge in [-0.2, -0.15) is 8.42 Å². The molecule has 0 unspecified atom stereocenters. The summed E-state index contributed by atoms with van der Waals surface area (Å²) in [5, 5.41) is 0. The number of aryl methyl sites for hydroxylation is 1. The SMILES string of the molecule is CCCCCCc1ccccc1N.O=S(=O)(O)O. The first kappa shape index (κ1) is 16.9. The van der Waals surface area contributed by atoms with Gasteiger partial charge in [-0.15, -0.1) is 0 Å². The molecule has 0 fully saturated rings. The highest BCUT2D eigenvalue weighted by molar-refractivity contribution is 7.79. The molecule has 0 radical (unpaired) electrons. The number of benzene rings is 1. The molecule has 1 aromatic carbocycles. The normalized spacial score (nSPS) is 10.6. The number of anilines is 1. The molecule has 1 rings (SSSR count). The quantitative estimate of drug-likeness (QED) is 0.436. The Morgan fingerprint density at radius 1 is 1.11 bits per heavy atom. The van der Waals surface area contributed by atoms with E-state index in [4.69, 9.17) is 23.3 Å². The van der Waals surface area contributed by atoms with Crippen molar-refractivity contribution in [2.24, 2.45) is 0 Å². The molecule has 104 valence electrons. The van der Waals surface area contributed by atoms with Crippen LogP contribution in [0.1, 0.15) is 38.2 Å². The highest BCUT2D eigenvalue weighted by Gasteiger charge is 1.96. The fourth-order valence-electron chi connectivity index (χ4n) is 1.50. The second-order valence-electron chi connectivity index (χ2n) is 3.96. The summed E-state index contributed by atoms with van der Waals surface area (Å²) in [5.74, 6) is 0. The Bertz CT molecular complexity index is 423. The molecule has 0 saturated carbocycles. The predicted molar refractivity (Wildman–Crippen MR) is 72.9 cm³/mol. The minimum atomic E-state index is -4.67. The first-order chi connectivity index (χ1) is 8.34. The summed E-state index contributed by atoms with van der Waals surface area (Å²) in [6.07, 6.45) is 6.36. The number of para-hydroxylation sites is 1. The summed E-state index contributed by atoms with van der Waals surface area (Å²) in [4.78, 5) is 0. The van der Waals surface area contributed by atoms with Gasteiger partial charge in [0, 0.05) is 5.69 Å². The molecule has 4 N–H and O–H groups in total. The summed E-state index contributed by atoms with van der Waals surface area (Å²) in [6.45, 7) is 2.23. The van der Waals surface area contributed by atoms with Crippen LogP contribution in [0.4, 0.5) is 5.69 Å². The van der Waals surface area contributed by atoms with Crippen molar-refractivity contribution in [3.05, 3.63) is 29.8 Å².